The molecule has 1 aromatic rings. The highest BCUT2D eigenvalue weighted by molar-refractivity contribution is 8.00. The van der Waals surface area contributed by atoms with E-state index in [0.29, 0.717) is 5.75 Å². The first kappa shape index (κ1) is 15.8. The average Bonchev–Trinajstić information content (AvgIpc) is 3.06. The highest BCUT2D eigenvalue weighted by atomic mass is 32.2. The van der Waals surface area contributed by atoms with Crippen LogP contribution in [0.3, 0.4) is 0 Å². The highest BCUT2D eigenvalue weighted by Crippen LogP contribution is 2.50. The SMILES string of the molecule is O=C(O)CC1(CSCC(=O)Nc2cc(F)cc(F)c2)CC1. The predicted molar refractivity (Wildman–Crippen MR) is 76.2 cm³/mol. The second kappa shape index (κ2) is 6.43. The van der Waals surface area contributed by atoms with Crippen LogP contribution in [0, 0.1) is 17.0 Å². The molecule has 0 aliphatic heterocycles. The van der Waals surface area contributed by atoms with E-state index in [4.69, 9.17) is 5.11 Å². The molecule has 0 atom stereocenters. The van der Waals surface area contributed by atoms with Gasteiger partial charge in [0, 0.05) is 11.8 Å². The van der Waals surface area contributed by atoms with Gasteiger partial charge in [0.1, 0.15) is 11.6 Å². The fourth-order valence-corrected chi connectivity index (χ4v) is 3.24. The third-order valence-electron chi connectivity index (χ3n) is 3.27. The van der Waals surface area contributed by atoms with E-state index in [-0.39, 0.29) is 29.2 Å². The second-order valence-electron chi connectivity index (χ2n) is 5.27. The van der Waals surface area contributed by atoms with Crippen LogP contribution in [-0.4, -0.2) is 28.5 Å². The number of hydrogen-bond donors (Lipinski definition) is 2. The number of anilines is 1. The number of carbonyl (C=O) groups excluding carboxylic acids is 1. The van der Waals surface area contributed by atoms with E-state index in [1.54, 1.807) is 0 Å². The zero-order valence-electron chi connectivity index (χ0n) is 11.2. The summed E-state index contributed by atoms with van der Waals surface area (Å²) in [7, 11) is 0. The van der Waals surface area contributed by atoms with Crippen molar-refractivity contribution in [2.75, 3.05) is 16.8 Å². The number of carboxylic acids is 1. The van der Waals surface area contributed by atoms with Gasteiger partial charge in [-0.05, 0) is 36.1 Å². The first-order chi connectivity index (χ1) is 9.88. The van der Waals surface area contributed by atoms with Crippen molar-refractivity contribution in [2.45, 2.75) is 19.3 Å². The van der Waals surface area contributed by atoms with E-state index in [2.05, 4.69) is 5.32 Å². The number of nitrogens with one attached hydrogen (secondary N) is 1. The molecule has 2 N–H and O–H groups in total. The Balaban J connectivity index is 1.76. The molecule has 1 aliphatic rings. The predicted octanol–water partition coefficient (Wildman–Crippen LogP) is 2.89. The Bertz CT molecular complexity index is 541. The van der Waals surface area contributed by atoms with Gasteiger partial charge < -0.3 is 10.4 Å². The summed E-state index contributed by atoms with van der Waals surface area (Å²) in [5.74, 6) is -1.97. The lowest BCUT2D eigenvalue weighted by molar-refractivity contribution is -0.138. The minimum atomic E-state index is -0.826. The van der Waals surface area contributed by atoms with Gasteiger partial charge in [-0.1, -0.05) is 0 Å². The molecular weight excluding hydrogens is 300 g/mol. The number of carbonyl (C=O) groups is 2. The minimum absolute atomic E-state index is 0.0739. The molecule has 1 aliphatic carbocycles. The molecule has 0 bridgehead atoms. The molecule has 0 heterocycles. The van der Waals surface area contributed by atoms with Gasteiger partial charge in [0.2, 0.25) is 5.91 Å². The lowest BCUT2D eigenvalue weighted by Crippen LogP contribution is -2.17. The van der Waals surface area contributed by atoms with Crippen molar-refractivity contribution < 1.29 is 23.5 Å². The van der Waals surface area contributed by atoms with Crippen molar-refractivity contribution in [2.24, 2.45) is 5.41 Å². The van der Waals surface area contributed by atoms with E-state index in [0.717, 1.165) is 31.0 Å². The number of halogens is 2. The van der Waals surface area contributed by atoms with Crippen LogP contribution in [0.1, 0.15) is 19.3 Å². The van der Waals surface area contributed by atoms with E-state index >= 15 is 0 Å². The van der Waals surface area contributed by atoms with Crippen molar-refractivity contribution in [1.82, 2.24) is 0 Å². The maximum atomic E-state index is 13.0. The third kappa shape index (κ3) is 5.00. The number of carboxylic acid groups (broad SMARTS) is 1. The summed E-state index contributed by atoms with van der Waals surface area (Å²) < 4.78 is 25.9. The summed E-state index contributed by atoms with van der Waals surface area (Å²) in [5.41, 5.74) is -0.105. The van der Waals surface area contributed by atoms with Crippen LogP contribution < -0.4 is 5.32 Å². The molecule has 0 saturated heterocycles. The third-order valence-corrected chi connectivity index (χ3v) is 4.55. The van der Waals surface area contributed by atoms with Crippen LogP contribution in [0.2, 0.25) is 0 Å². The summed E-state index contributed by atoms with van der Waals surface area (Å²) >= 11 is 1.34. The van der Waals surface area contributed by atoms with Crippen molar-refractivity contribution in [1.29, 1.82) is 0 Å². The van der Waals surface area contributed by atoms with Crippen LogP contribution in [0.5, 0.6) is 0 Å². The molecule has 1 amide bonds. The summed E-state index contributed by atoms with van der Waals surface area (Å²) in [5, 5.41) is 11.2. The van der Waals surface area contributed by atoms with Gasteiger partial charge >= 0.3 is 5.97 Å². The Labute approximate surface area is 124 Å². The molecule has 0 aromatic heterocycles. The molecule has 114 valence electrons. The first-order valence-electron chi connectivity index (χ1n) is 6.44. The van der Waals surface area contributed by atoms with Crippen molar-refractivity contribution in [3.05, 3.63) is 29.8 Å². The number of amides is 1. The monoisotopic (exact) mass is 315 g/mol. The topological polar surface area (TPSA) is 66.4 Å². The molecule has 1 fully saturated rings. The number of hydrogen-bond acceptors (Lipinski definition) is 3. The molecule has 1 aromatic carbocycles. The second-order valence-corrected chi connectivity index (χ2v) is 6.26. The van der Waals surface area contributed by atoms with Crippen LogP contribution in [0.25, 0.3) is 0 Å². The Morgan fingerprint density at radius 3 is 2.38 bits per heavy atom. The Kier molecular flexibility index (Phi) is 4.82. The maximum absolute atomic E-state index is 13.0. The van der Waals surface area contributed by atoms with Gasteiger partial charge in [0.15, 0.2) is 0 Å². The van der Waals surface area contributed by atoms with E-state index in [9.17, 15) is 18.4 Å². The van der Waals surface area contributed by atoms with E-state index in [1.165, 1.54) is 11.8 Å². The van der Waals surface area contributed by atoms with E-state index in [1.807, 2.05) is 0 Å². The standard InChI is InChI=1S/C14H15F2NO3S/c15-9-3-10(16)5-11(4-9)17-12(18)7-21-8-14(1-2-14)6-13(19)20/h3-5H,1-2,6-8H2,(H,17,18)(H,19,20). The summed E-state index contributed by atoms with van der Waals surface area (Å²) in [6.07, 6.45) is 1.85. The average molecular weight is 315 g/mol. The van der Waals surface area contributed by atoms with Crippen molar-refractivity contribution >= 4 is 29.3 Å². The lowest BCUT2D eigenvalue weighted by Gasteiger charge is -2.11. The maximum Gasteiger partial charge on any atom is 0.303 e. The lowest BCUT2D eigenvalue weighted by atomic mass is 10.1. The first-order valence-corrected chi connectivity index (χ1v) is 7.60. The van der Waals surface area contributed by atoms with Crippen LogP contribution in [0.15, 0.2) is 18.2 Å². The van der Waals surface area contributed by atoms with Gasteiger partial charge in [0.25, 0.3) is 0 Å². The minimum Gasteiger partial charge on any atom is -0.481 e. The molecule has 1 saturated carbocycles. The quantitative estimate of drug-likeness (QED) is 0.812. The molecule has 21 heavy (non-hydrogen) atoms. The van der Waals surface area contributed by atoms with Gasteiger partial charge in [-0.25, -0.2) is 8.78 Å². The molecule has 2 rings (SSSR count). The Hall–Kier alpha value is -1.63. The smallest absolute Gasteiger partial charge is 0.303 e. The number of thioether (sulfide) groups is 1. The normalized spacial score (nSPS) is 15.5. The number of aliphatic carboxylic acids is 1. The van der Waals surface area contributed by atoms with Gasteiger partial charge in [-0.2, -0.15) is 11.8 Å². The zero-order chi connectivity index (χ0) is 15.5. The molecule has 7 heteroatoms. The van der Waals surface area contributed by atoms with E-state index < -0.39 is 17.6 Å². The van der Waals surface area contributed by atoms with Crippen LogP contribution >= 0.6 is 11.8 Å². The number of rotatable bonds is 7. The molecule has 0 radical (unpaired) electrons. The van der Waals surface area contributed by atoms with Crippen LogP contribution in [-0.2, 0) is 9.59 Å². The molecule has 0 spiro atoms. The van der Waals surface area contributed by atoms with Gasteiger partial charge in [-0.15, -0.1) is 0 Å². The fourth-order valence-electron chi connectivity index (χ4n) is 2.05. The van der Waals surface area contributed by atoms with Gasteiger partial charge in [-0.3, -0.25) is 9.59 Å². The molecular formula is C14H15F2NO3S. The highest BCUT2D eigenvalue weighted by Gasteiger charge is 2.44. The summed E-state index contributed by atoms with van der Waals surface area (Å²) in [4.78, 5) is 22.4. The van der Waals surface area contributed by atoms with Crippen LogP contribution in [0.4, 0.5) is 14.5 Å². The van der Waals surface area contributed by atoms with Gasteiger partial charge in [0.05, 0.1) is 12.2 Å². The Morgan fingerprint density at radius 2 is 1.86 bits per heavy atom. The Morgan fingerprint density at radius 1 is 1.24 bits per heavy atom. The molecule has 4 nitrogen and oxygen atoms in total. The number of benzene rings is 1. The summed E-state index contributed by atoms with van der Waals surface area (Å²) in [6.45, 7) is 0. The summed E-state index contributed by atoms with van der Waals surface area (Å²) in [6, 6.07) is 2.81. The van der Waals surface area contributed by atoms with Crippen molar-refractivity contribution in [3.63, 3.8) is 0 Å². The zero-order valence-corrected chi connectivity index (χ0v) is 12.0. The largest absolute Gasteiger partial charge is 0.481 e. The van der Waals surface area contributed by atoms with Crippen molar-refractivity contribution in [3.8, 4) is 0 Å². The molecule has 0 unspecified atom stereocenters. The fraction of sp³-hybridized carbons (Fsp3) is 0.429.